The fourth-order valence-electron chi connectivity index (χ4n) is 1.32. The Morgan fingerprint density at radius 2 is 1.33 bits per heavy atom. The summed E-state index contributed by atoms with van der Waals surface area (Å²) in [6, 6.07) is 12.7. The molecular weight excluding hydrogens is 295 g/mol. The van der Waals surface area contributed by atoms with Crippen molar-refractivity contribution in [2.75, 3.05) is 0 Å². The Morgan fingerprint density at radius 3 is 1.50 bits per heavy atom. The third kappa shape index (κ3) is 3.48. The van der Waals surface area contributed by atoms with Gasteiger partial charge in [0, 0.05) is 6.92 Å². The van der Waals surface area contributed by atoms with E-state index in [0.29, 0.717) is 5.89 Å². The van der Waals surface area contributed by atoms with Crippen LogP contribution in [-0.2, 0) is 3.79 Å². The van der Waals surface area contributed by atoms with Crippen LogP contribution in [0.4, 0.5) is 0 Å². The summed E-state index contributed by atoms with van der Waals surface area (Å²) in [4.78, 5) is 0. The Morgan fingerprint density at radius 1 is 0.889 bits per heavy atom. The van der Waals surface area contributed by atoms with E-state index in [2.05, 4.69) is 46.6 Å². The van der Waals surface area contributed by atoms with E-state index in [4.69, 9.17) is 39.2 Å². The average Bonchev–Trinajstić information content (AvgIpc) is 2.79. The summed E-state index contributed by atoms with van der Waals surface area (Å²) in [5.74, 6) is 0.372. The lowest BCUT2D eigenvalue weighted by atomic mass is 10.1. The van der Waals surface area contributed by atoms with Gasteiger partial charge in [-0.1, -0.05) is 71.2 Å². The van der Waals surface area contributed by atoms with E-state index in [-0.39, 0.29) is 5.89 Å². The van der Waals surface area contributed by atoms with Crippen LogP contribution in [0.25, 0.3) is 10.8 Å². The van der Waals surface area contributed by atoms with Crippen LogP contribution in [0.5, 0.6) is 0 Å². The van der Waals surface area contributed by atoms with Crippen molar-refractivity contribution < 1.29 is 4.42 Å². The third-order valence-electron chi connectivity index (χ3n) is 2.17. The molecule has 0 aliphatic rings. The van der Waals surface area contributed by atoms with Crippen LogP contribution in [0.1, 0.15) is 11.8 Å². The molecule has 3 aromatic carbocycles. The Hall–Kier alpha value is -1.03. The van der Waals surface area contributed by atoms with Crippen molar-refractivity contribution in [1.82, 2.24) is 10.2 Å². The number of aryl methyl sites for hydroxylation is 1. The van der Waals surface area contributed by atoms with Crippen molar-refractivity contribution in [2.45, 2.75) is 10.7 Å². The largest absolute Gasteiger partial charge is 0.421 e. The zero-order valence-corrected chi connectivity index (χ0v) is 11.7. The molecular formula is C12H9Cl3N2O. The second-order valence-electron chi connectivity index (χ2n) is 3.62. The molecule has 94 valence electrons. The third-order valence-corrected chi connectivity index (χ3v) is 2.66. The minimum Gasteiger partial charge on any atom is -0.421 e. The van der Waals surface area contributed by atoms with E-state index in [1.54, 1.807) is 6.92 Å². The molecule has 0 unspecified atom stereocenters. The van der Waals surface area contributed by atoms with Crippen molar-refractivity contribution >= 4 is 45.6 Å². The molecule has 0 aliphatic carbocycles. The normalized spacial score (nSPS) is 11.3. The number of halogens is 3. The lowest BCUT2D eigenvalue weighted by Crippen LogP contribution is -1.99. The van der Waals surface area contributed by atoms with E-state index in [1.165, 1.54) is 10.8 Å². The fraction of sp³-hybridized carbons (Fsp3) is 0.167. The SMILES string of the molecule is Cc1nnc(C(Cl)(Cl)Cl)o1.c1cc2ccc1cc2. The summed E-state index contributed by atoms with van der Waals surface area (Å²) < 4.78 is 3.22. The van der Waals surface area contributed by atoms with Crippen LogP contribution in [0.15, 0.2) is 40.8 Å². The maximum atomic E-state index is 5.41. The van der Waals surface area contributed by atoms with Crippen molar-refractivity contribution in [3.8, 4) is 0 Å². The molecule has 1 heterocycles. The molecule has 6 heteroatoms. The number of alkyl halides is 3. The number of hydrogen-bond acceptors (Lipinski definition) is 3. The minimum absolute atomic E-state index is 0.00463. The van der Waals surface area contributed by atoms with Crippen LogP contribution in [0.2, 0.25) is 0 Å². The topological polar surface area (TPSA) is 38.9 Å². The van der Waals surface area contributed by atoms with Gasteiger partial charge in [0.2, 0.25) is 5.89 Å². The molecule has 0 atom stereocenters. The van der Waals surface area contributed by atoms with Gasteiger partial charge in [0.15, 0.2) is 0 Å². The minimum atomic E-state index is -1.61. The quantitative estimate of drug-likeness (QED) is 0.575. The molecule has 0 saturated carbocycles. The maximum Gasteiger partial charge on any atom is 0.268 e. The lowest BCUT2D eigenvalue weighted by Gasteiger charge is -2.01. The highest BCUT2D eigenvalue weighted by atomic mass is 35.6. The van der Waals surface area contributed by atoms with Crippen LogP contribution in [0, 0.1) is 6.92 Å². The number of fused-ring (bicyclic) bond motifs is 3. The van der Waals surface area contributed by atoms with Crippen molar-refractivity contribution in [3.05, 3.63) is 48.2 Å². The van der Waals surface area contributed by atoms with Gasteiger partial charge in [-0.05, 0) is 10.8 Å². The highest BCUT2D eigenvalue weighted by Crippen LogP contribution is 2.36. The molecule has 3 nitrogen and oxygen atoms in total. The Labute approximate surface area is 119 Å². The van der Waals surface area contributed by atoms with E-state index in [1.807, 2.05) is 0 Å². The van der Waals surface area contributed by atoms with Gasteiger partial charge in [0.25, 0.3) is 9.68 Å². The maximum absolute atomic E-state index is 5.41. The predicted molar refractivity (Wildman–Crippen MR) is 73.4 cm³/mol. The van der Waals surface area contributed by atoms with Gasteiger partial charge in [-0.15, -0.1) is 10.2 Å². The fourth-order valence-corrected chi connectivity index (χ4v) is 1.55. The van der Waals surface area contributed by atoms with Crippen LogP contribution >= 0.6 is 34.8 Å². The number of aromatic nitrogens is 2. The summed E-state index contributed by atoms with van der Waals surface area (Å²) in [6.07, 6.45) is 0. The molecule has 0 amide bonds. The number of hydrogen-bond donors (Lipinski definition) is 0. The van der Waals surface area contributed by atoms with E-state index in [9.17, 15) is 0 Å². The molecule has 0 N–H and O–H groups in total. The first kappa shape index (κ1) is 13.4. The molecule has 0 spiro atoms. The van der Waals surface area contributed by atoms with E-state index >= 15 is 0 Å². The second-order valence-corrected chi connectivity index (χ2v) is 5.91. The molecule has 0 saturated heterocycles. The molecule has 0 aliphatic heterocycles. The number of rotatable bonds is 0. The van der Waals surface area contributed by atoms with Gasteiger partial charge in [-0.25, -0.2) is 0 Å². The van der Waals surface area contributed by atoms with E-state index in [0.717, 1.165) is 0 Å². The van der Waals surface area contributed by atoms with Crippen LogP contribution < -0.4 is 0 Å². The summed E-state index contributed by atoms with van der Waals surface area (Å²) in [5, 5.41) is 9.60. The molecule has 4 rings (SSSR count). The standard InChI is InChI=1S/C8H6.C4H3Cl3N2O/c1-2-8-5-3-7(1)4-6-8;1-2-8-9-3(10-2)4(5,6)7/h1-6H;1H3. The average molecular weight is 304 g/mol. The highest BCUT2D eigenvalue weighted by molar-refractivity contribution is 6.66. The predicted octanol–water partition coefficient (Wildman–Crippen LogP) is 4.48. The van der Waals surface area contributed by atoms with Crippen LogP contribution in [0.3, 0.4) is 0 Å². The first-order valence-electron chi connectivity index (χ1n) is 5.10. The van der Waals surface area contributed by atoms with Gasteiger partial charge in [0.1, 0.15) is 0 Å². The zero-order chi connectivity index (χ0) is 13.2. The molecule has 0 radical (unpaired) electrons. The van der Waals surface area contributed by atoms with Gasteiger partial charge in [0.05, 0.1) is 0 Å². The summed E-state index contributed by atoms with van der Waals surface area (Å²) in [5.41, 5.74) is 0. The lowest BCUT2D eigenvalue weighted by molar-refractivity contribution is 0.474. The first-order chi connectivity index (χ1) is 8.45. The highest BCUT2D eigenvalue weighted by Gasteiger charge is 2.29. The molecule has 1 aromatic heterocycles. The number of nitrogens with zero attached hydrogens (tertiary/aromatic N) is 2. The van der Waals surface area contributed by atoms with Gasteiger partial charge >= 0.3 is 0 Å². The summed E-state index contributed by atoms with van der Waals surface area (Å²) in [6.45, 7) is 1.62. The van der Waals surface area contributed by atoms with Crippen molar-refractivity contribution in [3.63, 3.8) is 0 Å². The Kier molecular flexibility index (Phi) is 3.95. The Balaban J connectivity index is 0.000000136. The molecule has 0 fully saturated rings. The van der Waals surface area contributed by atoms with Gasteiger partial charge in [-0.3, -0.25) is 0 Å². The van der Waals surface area contributed by atoms with Crippen LogP contribution in [-0.4, -0.2) is 10.2 Å². The summed E-state index contributed by atoms with van der Waals surface area (Å²) >= 11 is 16.2. The smallest absolute Gasteiger partial charge is 0.268 e. The van der Waals surface area contributed by atoms with E-state index < -0.39 is 3.79 Å². The zero-order valence-electron chi connectivity index (χ0n) is 9.40. The first-order valence-corrected chi connectivity index (χ1v) is 6.24. The van der Waals surface area contributed by atoms with Gasteiger partial charge in [-0.2, -0.15) is 0 Å². The Bertz CT molecular complexity index is 541. The molecule has 18 heavy (non-hydrogen) atoms. The number of benzene rings is 3. The molecule has 4 aromatic rings. The summed E-state index contributed by atoms with van der Waals surface area (Å²) in [7, 11) is 0. The van der Waals surface area contributed by atoms with Gasteiger partial charge < -0.3 is 4.42 Å². The monoisotopic (exact) mass is 302 g/mol. The molecule has 2 bridgehead atoms. The second kappa shape index (κ2) is 5.31. The van der Waals surface area contributed by atoms with Crippen molar-refractivity contribution in [1.29, 1.82) is 0 Å². The van der Waals surface area contributed by atoms with Crippen molar-refractivity contribution in [2.24, 2.45) is 0 Å².